The van der Waals surface area contributed by atoms with E-state index in [-0.39, 0.29) is 40.9 Å². The molecule has 2 aliphatic heterocycles. The number of carboxylic acid groups (broad SMARTS) is 1. The summed E-state index contributed by atoms with van der Waals surface area (Å²) in [5.74, 6) is 8.38. The number of benzene rings is 2. The number of hydrogen-bond acceptors (Lipinski definition) is 6. The van der Waals surface area contributed by atoms with Gasteiger partial charge >= 0.3 is 12.2 Å². The Morgan fingerprint density at radius 1 is 0.981 bits per heavy atom. The summed E-state index contributed by atoms with van der Waals surface area (Å²) in [7, 11) is 1.30. The smallest absolute Gasteiger partial charge is 0.408 e. The molecule has 4 N–H and O–H groups in total. The van der Waals surface area contributed by atoms with Crippen molar-refractivity contribution in [1.82, 2.24) is 35.1 Å². The zero-order valence-electron chi connectivity index (χ0n) is 30.4. The van der Waals surface area contributed by atoms with Crippen molar-refractivity contribution in [2.24, 2.45) is 23.2 Å². The van der Waals surface area contributed by atoms with Gasteiger partial charge in [0.1, 0.15) is 23.4 Å². The van der Waals surface area contributed by atoms with Crippen molar-refractivity contribution >= 4 is 28.9 Å². The molecule has 0 unspecified atom stereocenters. The molecule has 270 valence electrons. The molecule has 3 amide bonds. The highest BCUT2D eigenvalue weighted by Crippen LogP contribution is 2.68. The van der Waals surface area contributed by atoms with Gasteiger partial charge < -0.3 is 30.0 Å². The highest BCUT2D eigenvalue weighted by Gasteiger charge is 2.72. The van der Waals surface area contributed by atoms with Crippen LogP contribution in [0.1, 0.15) is 95.3 Å². The Bertz CT molecular complexity index is 2150. The van der Waals surface area contributed by atoms with Gasteiger partial charge in [-0.2, -0.15) is 0 Å². The number of amides is 3. The Hall–Kier alpha value is -5.31. The maximum atomic E-state index is 13.8. The largest absolute Gasteiger partial charge is 0.465 e. The van der Waals surface area contributed by atoms with Crippen LogP contribution in [-0.4, -0.2) is 77.7 Å². The van der Waals surface area contributed by atoms with Crippen LogP contribution < -0.4 is 5.32 Å². The summed E-state index contributed by atoms with van der Waals surface area (Å²) in [5, 5.41) is 15.0. The summed E-state index contributed by atoms with van der Waals surface area (Å²) in [4.78, 5) is 58.0. The van der Waals surface area contributed by atoms with Gasteiger partial charge in [-0.25, -0.2) is 19.6 Å². The zero-order valence-corrected chi connectivity index (χ0v) is 30.4. The van der Waals surface area contributed by atoms with Crippen molar-refractivity contribution < 1.29 is 24.2 Å². The van der Waals surface area contributed by atoms with Crippen LogP contribution in [-0.2, 0) is 9.53 Å². The molecule has 4 aliphatic rings. The average molecular weight is 704 g/mol. The van der Waals surface area contributed by atoms with Crippen LogP contribution in [0.2, 0.25) is 0 Å². The lowest BCUT2D eigenvalue weighted by atomic mass is 9.82. The fourth-order valence-electron chi connectivity index (χ4n) is 9.08. The second kappa shape index (κ2) is 12.1. The lowest BCUT2D eigenvalue weighted by molar-refractivity contribution is -0.136. The third-order valence-corrected chi connectivity index (χ3v) is 11.9. The van der Waals surface area contributed by atoms with E-state index >= 15 is 0 Å². The molecule has 4 heterocycles. The van der Waals surface area contributed by atoms with E-state index in [1.807, 2.05) is 49.2 Å². The van der Waals surface area contributed by atoms with Crippen molar-refractivity contribution in [3.63, 3.8) is 0 Å². The summed E-state index contributed by atoms with van der Waals surface area (Å²) in [5.41, 5.74) is 2.69. The van der Waals surface area contributed by atoms with E-state index in [1.165, 1.54) is 7.11 Å². The number of rotatable bonds is 6. The lowest BCUT2D eigenvalue weighted by Crippen LogP contribution is -2.52. The molecule has 0 radical (unpaired) electrons. The van der Waals surface area contributed by atoms with Gasteiger partial charge in [-0.1, -0.05) is 58.7 Å². The molecule has 12 nitrogen and oxygen atoms in total. The van der Waals surface area contributed by atoms with Crippen molar-refractivity contribution in [3.05, 3.63) is 71.7 Å². The molecule has 4 fully saturated rings. The standard InChI is InChI=1S/C40H45N7O5/c1-21(2)33(45-37(49)52-6)36(48)46-30-15-26(30)16-31(46)34-42-20-29(44-34)25-11-10-23-13-22(7-9-24(23)14-25)8-12-28-19-41-35(43-28)32-17-27-18-40(27,39(3,4)5)47(32)38(50)51/h7,9-11,13-14,19-21,26-27,30-33H,15-18H2,1-6H3,(H,41,43)(H,42,44)(H,45,49)(H,50,51)/t26-,27-,30-,31+,32+,33+,40-/m1/s1. The normalized spacial score (nSPS) is 26.4. The summed E-state index contributed by atoms with van der Waals surface area (Å²) in [6.45, 7) is 10.2. The summed E-state index contributed by atoms with van der Waals surface area (Å²) >= 11 is 0. The van der Waals surface area contributed by atoms with Crippen LogP contribution in [0.4, 0.5) is 9.59 Å². The predicted octanol–water partition coefficient (Wildman–Crippen LogP) is 6.62. The minimum Gasteiger partial charge on any atom is -0.465 e. The second-order valence-electron chi connectivity index (χ2n) is 16.3. The third-order valence-electron chi connectivity index (χ3n) is 11.9. The minimum absolute atomic E-state index is 0.0972. The molecule has 2 saturated heterocycles. The first-order valence-electron chi connectivity index (χ1n) is 18.1. The molecular weight excluding hydrogens is 658 g/mol. The topological polar surface area (TPSA) is 157 Å². The lowest BCUT2D eigenvalue weighted by Gasteiger charge is -2.39. The maximum Gasteiger partial charge on any atom is 0.408 e. The van der Waals surface area contributed by atoms with E-state index in [0.717, 1.165) is 59.1 Å². The predicted molar refractivity (Wildman–Crippen MR) is 194 cm³/mol. The van der Waals surface area contributed by atoms with Gasteiger partial charge in [-0.05, 0) is 83.7 Å². The Labute approximate surface area is 302 Å². The monoisotopic (exact) mass is 703 g/mol. The Balaban J connectivity index is 0.970. The fraction of sp³-hybridized carbons (Fsp3) is 0.475. The number of carbonyl (C=O) groups is 3. The number of ether oxygens (including phenoxy) is 1. The van der Waals surface area contributed by atoms with E-state index in [2.05, 4.69) is 60.0 Å². The Kier molecular flexibility index (Phi) is 7.90. The van der Waals surface area contributed by atoms with Gasteiger partial charge in [0.15, 0.2) is 0 Å². The number of carbonyl (C=O) groups excluding carboxylic acids is 2. The quantitative estimate of drug-likeness (QED) is 0.164. The molecule has 8 rings (SSSR count). The van der Waals surface area contributed by atoms with Gasteiger partial charge in [0.2, 0.25) is 5.91 Å². The SMILES string of the molecule is COC(=O)N[C@H](C(=O)N1[C@@H]2C[C@@H]2C[C@H]1c1nc(-c2ccc3cc(C#Cc4c[nH]c([C@@H]5C[C@@H]6C[C@@]6(C(C)(C)C)N5C(=O)O)n4)ccc3c2)c[nH]1)C(C)C. The van der Waals surface area contributed by atoms with Crippen LogP contribution in [0, 0.1) is 35.0 Å². The molecule has 12 heteroatoms. The Morgan fingerprint density at radius 3 is 2.44 bits per heavy atom. The van der Waals surface area contributed by atoms with E-state index < -0.39 is 18.2 Å². The fourth-order valence-corrected chi connectivity index (χ4v) is 9.08. The summed E-state index contributed by atoms with van der Waals surface area (Å²) in [6, 6.07) is 11.3. The summed E-state index contributed by atoms with van der Waals surface area (Å²) < 4.78 is 4.79. The number of aromatic amines is 2. The second-order valence-corrected chi connectivity index (χ2v) is 16.3. The third kappa shape index (κ3) is 5.58. The van der Waals surface area contributed by atoms with Crippen LogP contribution >= 0.6 is 0 Å². The van der Waals surface area contributed by atoms with Crippen molar-refractivity contribution in [2.75, 3.05) is 7.11 Å². The average Bonchev–Trinajstić information content (AvgIpc) is 3.68. The number of likely N-dealkylation sites (tertiary alicyclic amines) is 2. The number of imidazole rings is 2. The molecule has 0 bridgehead atoms. The van der Waals surface area contributed by atoms with Crippen molar-refractivity contribution in [1.29, 1.82) is 0 Å². The van der Waals surface area contributed by atoms with Crippen LogP contribution in [0.25, 0.3) is 22.0 Å². The van der Waals surface area contributed by atoms with Crippen LogP contribution in [0.15, 0.2) is 48.8 Å². The first-order chi connectivity index (χ1) is 24.8. The number of piperidine rings is 2. The van der Waals surface area contributed by atoms with E-state index in [4.69, 9.17) is 14.7 Å². The number of alkyl carbamates (subject to hydrolysis) is 1. The summed E-state index contributed by atoms with van der Waals surface area (Å²) in [6.07, 6.45) is 5.62. The molecule has 2 aromatic carbocycles. The number of nitrogens with zero attached hydrogens (tertiary/aromatic N) is 4. The molecule has 2 saturated carbocycles. The highest BCUT2D eigenvalue weighted by molar-refractivity contribution is 5.88. The highest BCUT2D eigenvalue weighted by atomic mass is 16.5. The van der Waals surface area contributed by atoms with Gasteiger partial charge in [0.25, 0.3) is 0 Å². The number of H-pyrrole nitrogens is 2. The molecular formula is C40H45N7O5. The van der Waals surface area contributed by atoms with E-state index in [0.29, 0.717) is 23.4 Å². The molecule has 52 heavy (non-hydrogen) atoms. The first-order valence-corrected chi connectivity index (χ1v) is 18.1. The van der Waals surface area contributed by atoms with Gasteiger partial charge in [-0.3, -0.25) is 9.69 Å². The molecule has 0 spiro atoms. The minimum atomic E-state index is -0.897. The van der Waals surface area contributed by atoms with E-state index in [9.17, 15) is 19.5 Å². The first kappa shape index (κ1) is 33.8. The molecule has 7 atom stereocenters. The van der Waals surface area contributed by atoms with Gasteiger partial charge in [0.05, 0.1) is 30.4 Å². The van der Waals surface area contributed by atoms with Crippen molar-refractivity contribution in [2.45, 2.75) is 90.0 Å². The zero-order chi connectivity index (χ0) is 36.7. The van der Waals surface area contributed by atoms with Gasteiger partial charge in [0, 0.05) is 29.6 Å². The van der Waals surface area contributed by atoms with Gasteiger partial charge in [-0.15, -0.1) is 0 Å². The van der Waals surface area contributed by atoms with Crippen molar-refractivity contribution in [3.8, 4) is 23.1 Å². The Morgan fingerprint density at radius 2 is 1.71 bits per heavy atom. The molecule has 4 aromatic rings. The van der Waals surface area contributed by atoms with E-state index in [1.54, 1.807) is 11.1 Å². The van der Waals surface area contributed by atoms with Crippen LogP contribution in [0.3, 0.4) is 0 Å². The number of nitrogens with one attached hydrogen (secondary N) is 3. The van der Waals surface area contributed by atoms with Crippen LogP contribution in [0.5, 0.6) is 0 Å². The molecule has 2 aliphatic carbocycles. The molecule has 2 aromatic heterocycles. The number of hydrogen-bond donors (Lipinski definition) is 4. The number of fused-ring (bicyclic) bond motifs is 3. The number of aromatic nitrogens is 4. The maximum absolute atomic E-state index is 13.8. The number of methoxy groups -OCH3 is 1.